The van der Waals surface area contributed by atoms with E-state index in [4.69, 9.17) is 19.8 Å². The van der Waals surface area contributed by atoms with Crippen LogP contribution in [0.15, 0.2) is 58.5 Å². The Bertz CT molecular complexity index is 1410. The van der Waals surface area contributed by atoms with Crippen LogP contribution >= 0.6 is 11.3 Å². The van der Waals surface area contributed by atoms with Crippen LogP contribution in [0.1, 0.15) is 24.0 Å². The average Bonchev–Trinajstić information content (AvgIpc) is 3.37. The highest BCUT2D eigenvalue weighted by Crippen LogP contribution is 2.34. The number of rotatable bonds is 3. The lowest BCUT2D eigenvalue weighted by Gasteiger charge is -2.14. The topological polar surface area (TPSA) is 123 Å². The lowest BCUT2D eigenvalue weighted by Crippen LogP contribution is -2.30. The van der Waals surface area contributed by atoms with E-state index in [1.807, 2.05) is 11.3 Å². The molecule has 0 aliphatic carbocycles. The predicted octanol–water partition coefficient (Wildman–Crippen LogP) is 5.31. The number of carbonyl (C=O) groups is 2. The lowest BCUT2D eigenvalue weighted by molar-refractivity contribution is -0.193. The van der Waals surface area contributed by atoms with E-state index in [2.05, 4.69) is 69.1 Å². The van der Waals surface area contributed by atoms with Gasteiger partial charge < -0.3 is 20.8 Å². The van der Waals surface area contributed by atoms with E-state index in [0.29, 0.717) is 0 Å². The number of carboxylic acids is 2. The Morgan fingerprint density at radius 3 is 1.59 bits per heavy atom. The molecule has 220 valence electrons. The summed E-state index contributed by atoms with van der Waals surface area (Å²) in [4.78, 5) is 28.3. The second-order valence-electron chi connectivity index (χ2n) is 8.57. The number of hydrogen-bond acceptors (Lipinski definition) is 7. The van der Waals surface area contributed by atoms with Gasteiger partial charge in [0.15, 0.2) is 0 Å². The van der Waals surface area contributed by atoms with E-state index in [1.165, 1.54) is 31.7 Å². The first-order valence-electron chi connectivity index (χ1n) is 12.1. The molecule has 0 unspecified atom stereocenters. The number of aliphatic carboxylic acids is 2. The molecule has 0 radical (unpaired) electrons. The first-order valence-corrected chi connectivity index (χ1v) is 12.9. The fraction of sp³-hybridized carbons (Fsp3) is 0.308. The Balaban J connectivity index is 0.000000276. The maximum atomic E-state index is 10.6. The SMILES string of the molecule is O=C(O)C(F)(F)F.O=C(O)C(F)(F)F.c1cc(-c2cc3ccc(C4=NCCCN4)cc3s2)ccc1C1=NCCCN1. The molecule has 0 saturated carbocycles. The Morgan fingerprint density at radius 1 is 0.707 bits per heavy atom. The van der Waals surface area contributed by atoms with E-state index in [1.54, 1.807) is 0 Å². The summed E-state index contributed by atoms with van der Waals surface area (Å²) >= 11 is 1.84. The number of nitrogens with zero attached hydrogens (tertiary/aromatic N) is 2. The zero-order valence-electron chi connectivity index (χ0n) is 21.1. The Kier molecular flexibility index (Phi) is 10.3. The molecule has 2 aliphatic heterocycles. The largest absolute Gasteiger partial charge is 0.490 e. The van der Waals surface area contributed by atoms with Crippen LogP contribution in [0.25, 0.3) is 20.5 Å². The van der Waals surface area contributed by atoms with Gasteiger partial charge in [-0.15, -0.1) is 11.3 Å². The second-order valence-corrected chi connectivity index (χ2v) is 9.65. The number of fused-ring (bicyclic) bond motifs is 1. The number of aliphatic imine (C=N–C) groups is 2. The van der Waals surface area contributed by atoms with Crippen LogP contribution in [-0.4, -0.2) is 72.4 Å². The van der Waals surface area contributed by atoms with Gasteiger partial charge in [-0.1, -0.05) is 36.4 Å². The molecule has 0 amide bonds. The Morgan fingerprint density at radius 2 is 1.15 bits per heavy atom. The number of benzene rings is 2. The van der Waals surface area contributed by atoms with Crippen molar-refractivity contribution in [3.8, 4) is 10.4 Å². The van der Waals surface area contributed by atoms with Crippen molar-refractivity contribution in [1.82, 2.24) is 10.6 Å². The number of halogens is 6. The quantitative estimate of drug-likeness (QED) is 0.301. The second kappa shape index (κ2) is 13.5. The van der Waals surface area contributed by atoms with Gasteiger partial charge in [0.25, 0.3) is 0 Å². The highest BCUT2D eigenvalue weighted by atomic mass is 32.1. The van der Waals surface area contributed by atoms with Gasteiger partial charge in [0.1, 0.15) is 11.7 Å². The summed E-state index contributed by atoms with van der Waals surface area (Å²) in [7, 11) is 0. The molecule has 0 bridgehead atoms. The molecular weight excluding hydrogens is 578 g/mol. The normalized spacial score (nSPS) is 15.1. The van der Waals surface area contributed by atoms with E-state index in [-0.39, 0.29) is 0 Å². The van der Waals surface area contributed by atoms with Crippen molar-refractivity contribution >= 4 is 45.0 Å². The minimum atomic E-state index is -5.08. The van der Waals surface area contributed by atoms with Gasteiger partial charge in [-0.2, -0.15) is 26.3 Å². The number of nitrogens with one attached hydrogen (secondary N) is 2. The molecule has 0 fully saturated rings. The first kappa shape index (κ1) is 31.4. The maximum absolute atomic E-state index is 10.6. The fourth-order valence-electron chi connectivity index (χ4n) is 3.56. The van der Waals surface area contributed by atoms with Crippen LogP contribution in [0.2, 0.25) is 0 Å². The van der Waals surface area contributed by atoms with Crippen LogP contribution in [0.5, 0.6) is 0 Å². The predicted molar refractivity (Wildman–Crippen MR) is 143 cm³/mol. The van der Waals surface area contributed by atoms with E-state index < -0.39 is 24.3 Å². The molecule has 15 heteroatoms. The average molecular weight is 603 g/mol. The third-order valence-corrected chi connectivity index (χ3v) is 6.66. The van der Waals surface area contributed by atoms with Crippen molar-refractivity contribution in [1.29, 1.82) is 0 Å². The van der Waals surface area contributed by atoms with Crippen molar-refractivity contribution in [2.45, 2.75) is 25.2 Å². The summed E-state index contributed by atoms with van der Waals surface area (Å²) in [6.07, 6.45) is -7.93. The zero-order valence-corrected chi connectivity index (χ0v) is 22.0. The highest BCUT2D eigenvalue weighted by molar-refractivity contribution is 7.22. The minimum absolute atomic E-state index is 0.919. The zero-order chi connectivity index (χ0) is 30.2. The third kappa shape index (κ3) is 9.20. The molecule has 3 aromatic rings. The summed E-state index contributed by atoms with van der Waals surface area (Å²) in [5, 5.41) is 22.3. The van der Waals surface area contributed by atoms with Crippen LogP contribution in [0, 0.1) is 0 Å². The van der Waals surface area contributed by atoms with Crippen LogP contribution in [0.3, 0.4) is 0 Å². The summed E-state index contributed by atoms with van der Waals surface area (Å²) < 4.78 is 64.8. The van der Waals surface area contributed by atoms with E-state index in [9.17, 15) is 26.3 Å². The van der Waals surface area contributed by atoms with Gasteiger partial charge in [-0.25, -0.2) is 9.59 Å². The van der Waals surface area contributed by atoms with Gasteiger partial charge in [-0.3, -0.25) is 9.98 Å². The van der Waals surface area contributed by atoms with Gasteiger partial charge in [0.2, 0.25) is 0 Å². The van der Waals surface area contributed by atoms with Crippen molar-refractivity contribution in [3.63, 3.8) is 0 Å². The first-order chi connectivity index (χ1) is 19.3. The van der Waals surface area contributed by atoms with Crippen LogP contribution in [0.4, 0.5) is 26.3 Å². The molecule has 41 heavy (non-hydrogen) atoms. The highest BCUT2D eigenvalue weighted by Gasteiger charge is 2.38. The monoisotopic (exact) mass is 602 g/mol. The number of carboxylic acid groups (broad SMARTS) is 2. The van der Waals surface area contributed by atoms with Crippen molar-refractivity contribution < 1.29 is 46.1 Å². The molecule has 3 heterocycles. The molecule has 1 aromatic heterocycles. The minimum Gasteiger partial charge on any atom is -0.475 e. The van der Waals surface area contributed by atoms with Crippen molar-refractivity contribution in [2.75, 3.05) is 26.2 Å². The third-order valence-electron chi connectivity index (χ3n) is 5.52. The molecule has 4 N–H and O–H groups in total. The van der Waals surface area contributed by atoms with Crippen LogP contribution in [-0.2, 0) is 9.59 Å². The number of hydrogen-bond donors (Lipinski definition) is 4. The lowest BCUT2D eigenvalue weighted by atomic mass is 10.1. The maximum Gasteiger partial charge on any atom is 0.490 e. The van der Waals surface area contributed by atoms with Gasteiger partial charge in [0, 0.05) is 46.9 Å². The van der Waals surface area contributed by atoms with Gasteiger partial charge >= 0.3 is 24.3 Å². The summed E-state index contributed by atoms with van der Waals surface area (Å²) in [5.41, 5.74) is 3.61. The fourth-order valence-corrected chi connectivity index (χ4v) is 4.67. The smallest absolute Gasteiger partial charge is 0.475 e. The molecule has 0 saturated heterocycles. The molecular formula is C26H24F6N4O4S. The molecule has 0 spiro atoms. The molecule has 5 rings (SSSR count). The number of thiophene rings is 1. The summed E-state index contributed by atoms with van der Waals surface area (Å²) in [5.74, 6) is -3.46. The molecule has 8 nitrogen and oxygen atoms in total. The van der Waals surface area contributed by atoms with E-state index >= 15 is 0 Å². The van der Waals surface area contributed by atoms with E-state index in [0.717, 1.165) is 50.7 Å². The molecule has 2 aromatic carbocycles. The van der Waals surface area contributed by atoms with Crippen molar-refractivity contribution in [2.24, 2.45) is 9.98 Å². The number of alkyl halides is 6. The number of amidine groups is 2. The molecule has 2 aliphatic rings. The summed E-state index contributed by atoms with van der Waals surface area (Å²) in [6, 6.07) is 17.7. The summed E-state index contributed by atoms with van der Waals surface area (Å²) in [6.45, 7) is 3.86. The Labute approximate surface area is 233 Å². The Hall–Kier alpha value is -4.14. The van der Waals surface area contributed by atoms with Crippen LogP contribution < -0.4 is 10.6 Å². The standard InChI is InChI=1S/C22H22N4S.2C2HF3O2/c1-9-23-21(24-10-1)16-5-3-15(4-6-16)19-13-17-7-8-18(14-20(17)27-19)22-25-11-2-12-26-22;2*3-2(4,5)1(6)7/h3-8,13-14H,1-2,9-12H2,(H,23,24)(H,25,26);2*(H,6,7). The van der Waals surface area contributed by atoms with Gasteiger partial charge in [-0.05, 0) is 35.9 Å². The van der Waals surface area contributed by atoms with Crippen molar-refractivity contribution in [3.05, 3.63) is 59.7 Å². The molecule has 0 atom stereocenters. The van der Waals surface area contributed by atoms with Gasteiger partial charge in [0.05, 0.1) is 0 Å².